The zero-order chi connectivity index (χ0) is 24.4. The lowest BCUT2D eigenvalue weighted by Gasteiger charge is -2.27. The molecule has 2 aromatic carbocycles. The second kappa shape index (κ2) is 9.38. The van der Waals surface area contributed by atoms with Crippen LogP contribution in [0.3, 0.4) is 0 Å². The number of halogens is 5. The molecule has 0 saturated carbocycles. The summed E-state index contributed by atoms with van der Waals surface area (Å²) < 4.78 is 54.2. The second-order valence-corrected chi connectivity index (χ2v) is 8.30. The number of nitrogens with one attached hydrogen (secondary N) is 1. The number of rotatable bonds is 7. The van der Waals surface area contributed by atoms with E-state index in [1.807, 2.05) is 0 Å². The van der Waals surface area contributed by atoms with Gasteiger partial charge < -0.3 is 5.32 Å². The highest BCUT2D eigenvalue weighted by atomic mass is 35.5. The van der Waals surface area contributed by atoms with Crippen LogP contribution in [0.25, 0.3) is 11.4 Å². The van der Waals surface area contributed by atoms with E-state index in [-0.39, 0.29) is 17.9 Å². The molecule has 1 aromatic heterocycles. The smallest absolute Gasteiger partial charge is 0.346 e. The predicted octanol–water partition coefficient (Wildman–Crippen LogP) is 4.41. The summed E-state index contributed by atoms with van der Waals surface area (Å²) >= 11 is 5.88. The van der Waals surface area contributed by atoms with E-state index in [0.29, 0.717) is 10.6 Å². The molecule has 0 fully saturated rings. The van der Waals surface area contributed by atoms with Crippen molar-refractivity contribution >= 4 is 17.5 Å². The Balaban J connectivity index is 1.85. The minimum Gasteiger partial charge on any atom is -0.346 e. The van der Waals surface area contributed by atoms with E-state index in [1.54, 1.807) is 38.1 Å². The zero-order valence-electron chi connectivity index (χ0n) is 17.8. The van der Waals surface area contributed by atoms with Crippen LogP contribution in [0.1, 0.15) is 25.0 Å². The summed E-state index contributed by atoms with van der Waals surface area (Å²) in [5.41, 5.74) is -1.94. The van der Waals surface area contributed by atoms with Crippen molar-refractivity contribution < 1.29 is 22.4 Å². The molecule has 0 aliphatic rings. The largest absolute Gasteiger partial charge is 0.416 e. The lowest BCUT2D eigenvalue weighted by Crippen LogP contribution is -2.44. The van der Waals surface area contributed by atoms with E-state index in [4.69, 9.17) is 11.6 Å². The van der Waals surface area contributed by atoms with Gasteiger partial charge in [0.25, 0.3) is 0 Å². The number of aromatic nitrogens is 3. The summed E-state index contributed by atoms with van der Waals surface area (Å²) in [7, 11) is 0. The van der Waals surface area contributed by atoms with Crippen molar-refractivity contribution in [2.24, 2.45) is 0 Å². The lowest BCUT2D eigenvalue weighted by atomic mass is 9.92. The maximum atomic E-state index is 13.0. The average molecular weight is 485 g/mol. The van der Waals surface area contributed by atoms with Crippen LogP contribution in [0.15, 0.2) is 53.3 Å². The zero-order valence-corrected chi connectivity index (χ0v) is 18.5. The van der Waals surface area contributed by atoms with Gasteiger partial charge in [-0.05, 0) is 55.8 Å². The molecule has 11 heteroatoms. The Labute approximate surface area is 191 Å². The van der Waals surface area contributed by atoms with Gasteiger partial charge in [-0.15, -0.1) is 5.10 Å². The highest BCUT2D eigenvalue weighted by Gasteiger charge is 2.32. The molecule has 0 atom stereocenters. The molecule has 0 aliphatic carbocycles. The maximum Gasteiger partial charge on any atom is 0.416 e. The van der Waals surface area contributed by atoms with Gasteiger partial charge in [0, 0.05) is 10.6 Å². The Morgan fingerprint density at radius 1 is 1.09 bits per heavy atom. The summed E-state index contributed by atoms with van der Waals surface area (Å²) in [5, 5.41) is 7.26. The van der Waals surface area contributed by atoms with Gasteiger partial charge in [-0.3, -0.25) is 9.36 Å². The van der Waals surface area contributed by atoms with E-state index in [9.17, 15) is 27.2 Å². The van der Waals surface area contributed by atoms with Crippen molar-refractivity contribution in [3.63, 3.8) is 0 Å². The van der Waals surface area contributed by atoms with Crippen LogP contribution in [0, 0.1) is 0 Å². The topological polar surface area (TPSA) is 68.9 Å². The summed E-state index contributed by atoms with van der Waals surface area (Å²) in [5.74, 6) is -0.480. The van der Waals surface area contributed by atoms with Crippen molar-refractivity contribution in [3.8, 4) is 11.4 Å². The van der Waals surface area contributed by atoms with Crippen LogP contribution in [-0.4, -0.2) is 26.9 Å². The molecule has 0 saturated heterocycles. The third kappa shape index (κ3) is 5.62. The first-order chi connectivity index (χ1) is 15.4. The van der Waals surface area contributed by atoms with Gasteiger partial charge in [-0.25, -0.2) is 13.9 Å². The molecule has 0 radical (unpaired) electrons. The first kappa shape index (κ1) is 24.5. The Morgan fingerprint density at radius 2 is 1.73 bits per heavy atom. The SMILES string of the molecule is CC(C)(NC(=O)Cn1nc(-c2ccc(Cl)cc2)n(CCF)c1=O)c1cccc(C(F)(F)F)c1. The minimum atomic E-state index is -4.52. The maximum absolute atomic E-state index is 13.0. The number of hydrogen-bond donors (Lipinski definition) is 1. The quantitative estimate of drug-likeness (QED) is 0.505. The van der Waals surface area contributed by atoms with Crippen molar-refractivity contribution in [1.82, 2.24) is 19.7 Å². The van der Waals surface area contributed by atoms with Gasteiger partial charge in [-0.2, -0.15) is 13.2 Å². The third-order valence-corrected chi connectivity index (χ3v) is 5.24. The monoisotopic (exact) mass is 484 g/mol. The number of nitrogens with zero attached hydrogens (tertiary/aromatic N) is 3. The number of carbonyl (C=O) groups is 1. The number of hydrogen-bond acceptors (Lipinski definition) is 3. The van der Waals surface area contributed by atoms with E-state index < -0.39 is 42.1 Å². The fourth-order valence-electron chi connectivity index (χ4n) is 3.32. The van der Waals surface area contributed by atoms with E-state index in [1.165, 1.54) is 12.1 Å². The molecular formula is C22H21ClF4N4O2. The van der Waals surface area contributed by atoms with Crippen LogP contribution in [-0.2, 0) is 29.6 Å². The van der Waals surface area contributed by atoms with Gasteiger partial charge in [-0.1, -0.05) is 23.7 Å². The molecule has 33 heavy (non-hydrogen) atoms. The highest BCUT2D eigenvalue weighted by molar-refractivity contribution is 6.30. The Morgan fingerprint density at radius 3 is 2.33 bits per heavy atom. The van der Waals surface area contributed by atoms with E-state index in [0.717, 1.165) is 21.4 Å². The minimum absolute atomic E-state index is 0.166. The second-order valence-electron chi connectivity index (χ2n) is 7.86. The van der Waals surface area contributed by atoms with Gasteiger partial charge in [0.05, 0.1) is 17.6 Å². The molecular weight excluding hydrogens is 464 g/mol. The summed E-state index contributed by atoms with van der Waals surface area (Å²) in [4.78, 5) is 25.4. The van der Waals surface area contributed by atoms with Gasteiger partial charge >= 0.3 is 11.9 Å². The number of amides is 1. The van der Waals surface area contributed by atoms with E-state index >= 15 is 0 Å². The number of carbonyl (C=O) groups excluding carboxylic acids is 1. The molecule has 0 bridgehead atoms. The van der Waals surface area contributed by atoms with Crippen LogP contribution < -0.4 is 11.0 Å². The fraction of sp³-hybridized carbons (Fsp3) is 0.318. The molecule has 176 valence electrons. The normalized spacial score (nSPS) is 12.1. The lowest BCUT2D eigenvalue weighted by molar-refractivity contribution is -0.137. The predicted molar refractivity (Wildman–Crippen MR) is 116 cm³/mol. The average Bonchev–Trinajstić information content (AvgIpc) is 3.03. The van der Waals surface area contributed by atoms with Gasteiger partial charge in [0.15, 0.2) is 5.82 Å². The standard InChI is InChI=1S/C22H21ClF4N4O2/c1-21(2,15-4-3-5-16(12-15)22(25,26)27)28-18(32)13-31-20(33)30(11-10-24)19(29-31)14-6-8-17(23)9-7-14/h3-9,12H,10-11,13H2,1-2H3,(H,28,32). The molecule has 1 heterocycles. The molecule has 0 aliphatic heterocycles. The third-order valence-electron chi connectivity index (χ3n) is 4.99. The van der Waals surface area contributed by atoms with Crippen molar-refractivity contribution in [1.29, 1.82) is 0 Å². The fourth-order valence-corrected chi connectivity index (χ4v) is 3.45. The van der Waals surface area contributed by atoms with Gasteiger partial charge in [0.1, 0.15) is 13.2 Å². The first-order valence-corrected chi connectivity index (χ1v) is 10.3. The summed E-state index contributed by atoms with van der Waals surface area (Å²) in [6.07, 6.45) is -4.52. The summed E-state index contributed by atoms with van der Waals surface area (Å²) in [6.45, 7) is 1.52. The molecule has 0 spiro atoms. The molecule has 3 aromatic rings. The Kier molecular flexibility index (Phi) is 6.97. The van der Waals surface area contributed by atoms with Crippen molar-refractivity contribution in [3.05, 3.63) is 75.2 Å². The van der Waals surface area contributed by atoms with Crippen LogP contribution in [0.5, 0.6) is 0 Å². The molecule has 1 amide bonds. The number of alkyl halides is 4. The Hall–Kier alpha value is -3.14. The molecule has 3 rings (SSSR count). The first-order valence-electron chi connectivity index (χ1n) is 9.90. The molecule has 0 unspecified atom stereocenters. The number of benzene rings is 2. The van der Waals surface area contributed by atoms with E-state index in [2.05, 4.69) is 10.4 Å². The Bertz CT molecular complexity index is 1200. The van der Waals surface area contributed by atoms with Crippen LogP contribution >= 0.6 is 11.6 Å². The van der Waals surface area contributed by atoms with Crippen LogP contribution in [0.4, 0.5) is 17.6 Å². The van der Waals surface area contributed by atoms with Crippen LogP contribution in [0.2, 0.25) is 5.02 Å². The van der Waals surface area contributed by atoms with Crippen molar-refractivity contribution in [2.75, 3.05) is 6.67 Å². The molecule has 6 nitrogen and oxygen atoms in total. The van der Waals surface area contributed by atoms with Gasteiger partial charge in [0.2, 0.25) is 5.91 Å². The van der Waals surface area contributed by atoms with Crippen molar-refractivity contribution in [2.45, 2.75) is 38.7 Å². The highest BCUT2D eigenvalue weighted by Crippen LogP contribution is 2.32. The summed E-state index contributed by atoms with van der Waals surface area (Å²) in [6, 6.07) is 11.0. The molecule has 1 N–H and O–H groups in total.